The number of methoxy groups -OCH3 is 1. The third-order valence-corrected chi connectivity index (χ3v) is 8.01. The average Bonchev–Trinajstić information content (AvgIpc) is 3.46. The van der Waals surface area contributed by atoms with Crippen LogP contribution in [0.1, 0.15) is 65.1 Å². The smallest absolute Gasteiger partial charge is 0.337 e. The number of hydrogen-bond donors (Lipinski definition) is 0. The molecule has 0 radical (unpaired) electrons. The monoisotopic (exact) mass is 482 g/mol. The molecule has 0 spiro atoms. The predicted octanol–water partition coefficient (Wildman–Crippen LogP) is 5.89. The molecule has 0 unspecified atom stereocenters. The van der Waals surface area contributed by atoms with E-state index >= 15 is 0 Å². The maximum atomic E-state index is 12.5. The van der Waals surface area contributed by atoms with Gasteiger partial charge in [0.15, 0.2) is 0 Å². The van der Waals surface area contributed by atoms with Crippen molar-refractivity contribution in [3.8, 4) is 11.3 Å². The SMILES string of the molecule is COC(=O)c1ccc2c(C3CCCCC3)c3n(c2c1)CCN(Cc1cnn(C)c1)Cc1ccccc1-3. The lowest BCUT2D eigenvalue weighted by Crippen LogP contribution is -2.29. The van der Waals surface area contributed by atoms with Crippen molar-refractivity contribution < 1.29 is 9.53 Å². The largest absolute Gasteiger partial charge is 0.465 e. The van der Waals surface area contributed by atoms with Crippen LogP contribution in [0.3, 0.4) is 0 Å². The third kappa shape index (κ3) is 4.13. The van der Waals surface area contributed by atoms with E-state index in [1.54, 1.807) is 0 Å². The number of ether oxygens (including phenoxy) is 1. The van der Waals surface area contributed by atoms with Gasteiger partial charge < -0.3 is 9.30 Å². The molecule has 2 aromatic carbocycles. The molecule has 1 aliphatic carbocycles. The van der Waals surface area contributed by atoms with Gasteiger partial charge in [-0.1, -0.05) is 49.6 Å². The highest BCUT2D eigenvalue weighted by Crippen LogP contribution is 2.45. The number of nitrogens with zero attached hydrogens (tertiary/aromatic N) is 4. The van der Waals surface area contributed by atoms with Crippen molar-refractivity contribution in [2.24, 2.45) is 7.05 Å². The fourth-order valence-corrected chi connectivity index (χ4v) is 6.35. The zero-order valence-corrected chi connectivity index (χ0v) is 21.2. The lowest BCUT2D eigenvalue weighted by Gasteiger charge is -2.29. The highest BCUT2D eigenvalue weighted by molar-refractivity contribution is 5.99. The summed E-state index contributed by atoms with van der Waals surface area (Å²) in [7, 11) is 3.42. The Labute approximate surface area is 212 Å². The summed E-state index contributed by atoms with van der Waals surface area (Å²) >= 11 is 0. The Bertz CT molecular complexity index is 1410. The van der Waals surface area contributed by atoms with Gasteiger partial charge in [0.05, 0.1) is 24.6 Å². The van der Waals surface area contributed by atoms with E-state index in [1.165, 1.54) is 72.5 Å². The van der Waals surface area contributed by atoms with Crippen LogP contribution in [0.25, 0.3) is 22.2 Å². The van der Waals surface area contributed by atoms with Crippen LogP contribution in [0.4, 0.5) is 0 Å². The summed E-state index contributed by atoms with van der Waals surface area (Å²) in [5.41, 5.74) is 8.50. The van der Waals surface area contributed by atoms with Gasteiger partial charge in [0.1, 0.15) is 0 Å². The number of benzene rings is 2. The highest BCUT2D eigenvalue weighted by Gasteiger charge is 2.29. The Balaban J connectivity index is 1.53. The van der Waals surface area contributed by atoms with Gasteiger partial charge >= 0.3 is 5.97 Å². The zero-order chi connectivity index (χ0) is 24.6. The molecule has 0 amide bonds. The molecule has 0 saturated heterocycles. The molecule has 4 aromatic rings. The summed E-state index contributed by atoms with van der Waals surface area (Å²) in [5.74, 6) is 0.275. The number of aryl methyl sites for hydroxylation is 1. The molecule has 2 aromatic heterocycles. The van der Waals surface area contributed by atoms with E-state index in [4.69, 9.17) is 4.74 Å². The Hall–Kier alpha value is -3.38. The van der Waals surface area contributed by atoms with Crippen LogP contribution >= 0.6 is 0 Å². The molecule has 6 nitrogen and oxygen atoms in total. The Morgan fingerprint density at radius 3 is 2.69 bits per heavy atom. The van der Waals surface area contributed by atoms with Gasteiger partial charge in [-0.15, -0.1) is 0 Å². The number of hydrogen-bond acceptors (Lipinski definition) is 4. The van der Waals surface area contributed by atoms with Crippen LogP contribution in [-0.2, 0) is 31.4 Å². The predicted molar refractivity (Wildman–Crippen MR) is 142 cm³/mol. The van der Waals surface area contributed by atoms with E-state index in [0.717, 1.165) is 31.7 Å². The Kier molecular flexibility index (Phi) is 6.13. The molecule has 1 fully saturated rings. The Morgan fingerprint density at radius 2 is 1.92 bits per heavy atom. The first-order valence-electron chi connectivity index (χ1n) is 13.1. The summed E-state index contributed by atoms with van der Waals surface area (Å²) in [4.78, 5) is 15.0. The third-order valence-electron chi connectivity index (χ3n) is 8.01. The van der Waals surface area contributed by atoms with Gasteiger partial charge in [-0.25, -0.2) is 4.79 Å². The number of rotatable bonds is 4. The van der Waals surface area contributed by atoms with E-state index < -0.39 is 0 Å². The molecule has 3 heterocycles. The van der Waals surface area contributed by atoms with Crippen LogP contribution in [0.2, 0.25) is 0 Å². The number of aromatic nitrogens is 3. The standard InChI is InChI=1S/C30H34N4O2/c1-32-18-21(17-31-32)19-33-14-15-34-27-16-23(30(35)36-2)12-13-26(27)28(22-8-4-3-5-9-22)29(34)25-11-7-6-10-24(25)20-33/h6-7,10-13,16-18,22H,3-5,8-9,14-15,19-20H2,1-2H3. The minimum Gasteiger partial charge on any atom is -0.465 e. The zero-order valence-electron chi connectivity index (χ0n) is 21.2. The van der Waals surface area contributed by atoms with Crippen LogP contribution < -0.4 is 0 Å². The summed E-state index contributed by atoms with van der Waals surface area (Å²) in [6.07, 6.45) is 10.4. The van der Waals surface area contributed by atoms with E-state index in [9.17, 15) is 4.79 Å². The minimum atomic E-state index is -0.281. The lowest BCUT2D eigenvalue weighted by molar-refractivity contribution is 0.0601. The first-order chi connectivity index (χ1) is 17.6. The van der Waals surface area contributed by atoms with Crippen LogP contribution in [0.5, 0.6) is 0 Å². The van der Waals surface area contributed by atoms with Crippen molar-refractivity contribution in [1.29, 1.82) is 0 Å². The van der Waals surface area contributed by atoms with Gasteiger partial charge in [-0.2, -0.15) is 5.10 Å². The number of fused-ring (bicyclic) bond motifs is 5. The van der Waals surface area contributed by atoms with Crippen molar-refractivity contribution in [3.05, 3.63) is 77.1 Å². The molecule has 0 bridgehead atoms. The fourth-order valence-electron chi connectivity index (χ4n) is 6.35. The average molecular weight is 483 g/mol. The minimum absolute atomic E-state index is 0.281. The lowest BCUT2D eigenvalue weighted by atomic mass is 9.81. The van der Waals surface area contributed by atoms with Gasteiger partial charge in [-0.3, -0.25) is 9.58 Å². The second-order valence-electron chi connectivity index (χ2n) is 10.4. The molecule has 6 rings (SSSR count). The van der Waals surface area contributed by atoms with Crippen molar-refractivity contribution >= 4 is 16.9 Å². The number of carbonyl (C=O) groups is 1. The maximum Gasteiger partial charge on any atom is 0.337 e. The first kappa shape index (κ1) is 23.0. The van der Waals surface area contributed by atoms with Gasteiger partial charge in [0.2, 0.25) is 0 Å². The maximum absolute atomic E-state index is 12.5. The summed E-state index contributed by atoms with van der Waals surface area (Å²) < 4.78 is 9.43. The van der Waals surface area contributed by atoms with Crippen molar-refractivity contribution in [1.82, 2.24) is 19.2 Å². The summed E-state index contributed by atoms with van der Waals surface area (Å²) in [6.45, 7) is 3.56. The summed E-state index contributed by atoms with van der Waals surface area (Å²) in [6, 6.07) is 15.1. The molecule has 36 heavy (non-hydrogen) atoms. The molecule has 186 valence electrons. The molecule has 6 heteroatoms. The van der Waals surface area contributed by atoms with E-state index in [-0.39, 0.29) is 5.97 Å². The molecule has 2 aliphatic rings. The second-order valence-corrected chi connectivity index (χ2v) is 10.4. The highest BCUT2D eigenvalue weighted by atomic mass is 16.5. The summed E-state index contributed by atoms with van der Waals surface area (Å²) in [5, 5.41) is 5.67. The van der Waals surface area contributed by atoms with Crippen LogP contribution in [0.15, 0.2) is 54.9 Å². The Morgan fingerprint density at radius 1 is 1.08 bits per heavy atom. The molecular formula is C30H34N4O2. The van der Waals surface area contributed by atoms with Crippen LogP contribution in [-0.4, -0.2) is 38.9 Å². The second kappa shape index (κ2) is 9.58. The van der Waals surface area contributed by atoms with Crippen LogP contribution in [0, 0.1) is 0 Å². The number of esters is 1. The molecule has 1 aliphatic heterocycles. The van der Waals surface area contributed by atoms with Crippen molar-refractivity contribution in [2.45, 2.75) is 57.7 Å². The van der Waals surface area contributed by atoms with Gasteiger partial charge in [-0.05, 0) is 42.0 Å². The van der Waals surface area contributed by atoms with E-state index in [1.807, 2.05) is 30.1 Å². The number of carbonyl (C=O) groups excluding carboxylic acids is 1. The topological polar surface area (TPSA) is 52.3 Å². The molecular weight excluding hydrogens is 448 g/mol. The van der Waals surface area contributed by atoms with Crippen molar-refractivity contribution in [2.75, 3.05) is 13.7 Å². The normalized spacial score (nSPS) is 16.8. The fraction of sp³-hybridized carbons (Fsp3) is 0.400. The van der Waals surface area contributed by atoms with Gasteiger partial charge in [0, 0.05) is 61.5 Å². The van der Waals surface area contributed by atoms with E-state index in [0.29, 0.717) is 11.5 Å². The molecule has 0 N–H and O–H groups in total. The van der Waals surface area contributed by atoms with Gasteiger partial charge in [0.25, 0.3) is 0 Å². The van der Waals surface area contributed by atoms with E-state index in [2.05, 4.69) is 51.1 Å². The molecule has 0 atom stereocenters. The van der Waals surface area contributed by atoms with Crippen molar-refractivity contribution in [3.63, 3.8) is 0 Å². The quantitative estimate of drug-likeness (QED) is 0.340. The molecule has 1 saturated carbocycles. The first-order valence-corrected chi connectivity index (χ1v) is 13.1.